The number of ether oxygens (including phenoxy) is 1. The number of hydrogen-bond donors (Lipinski definition) is 2. The molecule has 0 radical (unpaired) electrons. The Hall–Kier alpha value is -3.01. The van der Waals surface area contributed by atoms with Gasteiger partial charge < -0.3 is 20.7 Å². The van der Waals surface area contributed by atoms with Gasteiger partial charge in [-0.3, -0.25) is 4.68 Å². The minimum atomic E-state index is -2.54. The first-order valence-corrected chi connectivity index (χ1v) is 11.2. The molecule has 10 heteroatoms. The monoisotopic (exact) mass is 459 g/mol. The van der Waals surface area contributed by atoms with Gasteiger partial charge in [-0.05, 0) is 44.5 Å². The molecule has 3 N–H and O–H groups in total. The molecule has 0 atom stereocenters. The molecule has 2 heterocycles. The Morgan fingerprint density at radius 1 is 1.24 bits per heavy atom. The molecular formula is C23H31F2N7O. The van der Waals surface area contributed by atoms with Gasteiger partial charge in [-0.2, -0.15) is 10.1 Å². The summed E-state index contributed by atoms with van der Waals surface area (Å²) < 4.78 is 34.4. The van der Waals surface area contributed by atoms with Crippen LogP contribution in [0.15, 0.2) is 24.4 Å². The third kappa shape index (κ3) is 5.50. The summed E-state index contributed by atoms with van der Waals surface area (Å²) in [5, 5.41) is 7.83. The van der Waals surface area contributed by atoms with E-state index in [1.54, 1.807) is 13.3 Å². The van der Waals surface area contributed by atoms with E-state index in [4.69, 9.17) is 10.5 Å². The Kier molecular flexibility index (Phi) is 6.64. The van der Waals surface area contributed by atoms with E-state index in [1.165, 1.54) is 0 Å². The van der Waals surface area contributed by atoms with Crippen molar-refractivity contribution in [1.29, 1.82) is 0 Å². The van der Waals surface area contributed by atoms with Crippen molar-refractivity contribution < 1.29 is 13.5 Å². The molecule has 8 nitrogen and oxygen atoms in total. The van der Waals surface area contributed by atoms with Crippen molar-refractivity contribution >= 4 is 22.8 Å². The molecule has 0 bridgehead atoms. The van der Waals surface area contributed by atoms with Gasteiger partial charge in [0.2, 0.25) is 11.9 Å². The Labute approximate surface area is 192 Å². The molecule has 0 spiro atoms. The topological polar surface area (TPSA) is 94.1 Å². The van der Waals surface area contributed by atoms with Gasteiger partial charge in [0, 0.05) is 31.5 Å². The van der Waals surface area contributed by atoms with Crippen molar-refractivity contribution in [2.24, 2.45) is 5.92 Å². The first-order valence-electron chi connectivity index (χ1n) is 11.2. The molecule has 3 aromatic rings. The van der Waals surface area contributed by atoms with E-state index in [1.807, 2.05) is 30.9 Å². The number of halogens is 2. The number of nitrogen functional groups attached to an aromatic ring is 1. The fourth-order valence-corrected chi connectivity index (χ4v) is 4.35. The van der Waals surface area contributed by atoms with Crippen LogP contribution in [-0.4, -0.2) is 58.3 Å². The summed E-state index contributed by atoms with van der Waals surface area (Å²) in [4.78, 5) is 10.8. The number of aromatic nitrogens is 4. The van der Waals surface area contributed by atoms with Gasteiger partial charge >= 0.3 is 0 Å². The number of nitrogens with one attached hydrogen (secondary N) is 1. The lowest BCUT2D eigenvalue weighted by Gasteiger charge is -2.28. The maximum atomic E-state index is 13.5. The van der Waals surface area contributed by atoms with Crippen molar-refractivity contribution in [1.82, 2.24) is 24.6 Å². The summed E-state index contributed by atoms with van der Waals surface area (Å²) in [6, 6.07) is 6.15. The molecule has 1 saturated carbocycles. The van der Waals surface area contributed by atoms with Crippen molar-refractivity contribution in [2.45, 2.75) is 44.7 Å². The number of hydrogen-bond acceptors (Lipinski definition) is 7. The SMILES string of the molecule is COc1cc(CN(C)C)ccc1Cn1ncc2nc(N)nc(NCC3CCC(F)(F)CC3)c21. The summed E-state index contributed by atoms with van der Waals surface area (Å²) >= 11 is 0. The van der Waals surface area contributed by atoms with Crippen LogP contribution in [0, 0.1) is 5.92 Å². The van der Waals surface area contributed by atoms with Crippen LogP contribution in [0.5, 0.6) is 5.75 Å². The number of anilines is 2. The van der Waals surface area contributed by atoms with Crippen molar-refractivity contribution in [2.75, 3.05) is 38.8 Å². The minimum absolute atomic E-state index is 0.0672. The molecule has 178 valence electrons. The zero-order valence-electron chi connectivity index (χ0n) is 19.3. The van der Waals surface area contributed by atoms with E-state index < -0.39 is 5.92 Å². The Morgan fingerprint density at radius 2 is 2.00 bits per heavy atom. The third-order valence-corrected chi connectivity index (χ3v) is 6.07. The number of fused-ring (bicyclic) bond motifs is 1. The average molecular weight is 460 g/mol. The van der Waals surface area contributed by atoms with Gasteiger partial charge in [-0.1, -0.05) is 12.1 Å². The van der Waals surface area contributed by atoms with Crippen LogP contribution in [0.1, 0.15) is 36.8 Å². The average Bonchev–Trinajstić information content (AvgIpc) is 3.15. The highest BCUT2D eigenvalue weighted by molar-refractivity contribution is 5.86. The molecule has 0 aliphatic heterocycles. The molecule has 1 fully saturated rings. The highest BCUT2D eigenvalue weighted by atomic mass is 19.3. The Morgan fingerprint density at radius 3 is 2.70 bits per heavy atom. The summed E-state index contributed by atoms with van der Waals surface area (Å²) in [6.07, 6.45) is 2.50. The van der Waals surface area contributed by atoms with Gasteiger partial charge in [-0.25, -0.2) is 13.8 Å². The van der Waals surface area contributed by atoms with Crippen LogP contribution in [0.3, 0.4) is 0 Å². The second kappa shape index (κ2) is 9.46. The van der Waals surface area contributed by atoms with Gasteiger partial charge in [0.25, 0.3) is 0 Å². The fraction of sp³-hybridized carbons (Fsp3) is 0.522. The molecular weight excluding hydrogens is 428 g/mol. The van der Waals surface area contributed by atoms with E-state index in [2.05, 4.69) is 31.3 Å². The quantitative estimate of drug-likeness (QED) is 0.530. The van der Waals surface area contributed by atoms with E-state index in [0.717, 1.165) is 28.9 Å². The van der Waals surface area contributed by atoms with E-state index in [-0.39, 0.29) is 24.7 Å². The van der Waals surface area contributed by atoms with E-state index in [0.29, 0.717) is 37.3 Å². The normalized spacial score (nSPS) is 16.4. The van der Waals surface area contributed by atoms with Crippen molar-refractivity contribution in [3.05, 3.63) is 35.5 Å². The number of rotatable bonds is 8. The lowest BCUT2D eigenvalue weighted by Crippen LogP contribution is -2.28. The van der Waals surface area contributed by atoms with E-state index >= 15 is 0 Å². The molecule has 4 rings (SSSR count). The maximum absolute atomic E-state index is 13.5. The molecule has 1 aliphatic carbocycles. The van der Waals surface area contributed by atoms with Gasteiger partial charge in [-0.15, -0.1) is 0 Å². The summed E-state index contributed by atoms with van der Waals surface area (Å²) in [7, 11) is 5.70. The summed E-state index contributed by atoms with van der Waals surface area (Å²) in [5.74, 6) is -0.882. The van der Waals surface area contributed by atoms with Crippen LogP contribution in [0.4, 0.5) is 20.5 Å². The lowest BCUT2D eigenvalue weighted by molar-refractivity contribution is -0.0443. The Balaban J connectivity index is 1.57. The first-order chi connectivity index (χ1) is 15.7. The smallest absolute Gasteiger partial charge is 0.248 e. The predicted molar refractivity (Wildman–Crippen MR) is 125 cm³/mol. The maximum Gasteiger partial charge on any atom is 0.248 e. The number of methoxy groups -OCH3 is 1. The standard InChI is InChI=1S/C23H31F2N7O/c1-31(2)13-16-4-5-17(19(10-16)33-3)14-32-20-18(12-28-32)29-22(26)30-21(20)27-11-15-6-8-23(24,25)9-7-15/h4-5,10,12,15H,6-9,11,13-14H2,1-3H3,(H3,26,27,29,30). The molecule has 2 aromatic heterocycles. The number of benzene rings is 1. The lowest BCUT2D eigenvalue weighted by atomic mass is 9.87. The fourth-order valence-electron chi connectivity index (χ4n) is 4.35. The molecule has 0 amide bonds. The summed E-state index contributed by atoms with van der Waals surface area (Å²) in [6.45, 7) is 1.83. The van der Waals surface area contributed by atoms with Gasteiger partial charge in [0.15, 0.2) is 5.82 Å². The minimum Gasteiger partial charge on any atom is -0.496 e. The second-order valence-electron chi connectivity index (χ2n) is 9.03. The molecule has 0 unspecified atom stereocenters. The number of alkyl halides is 2. The molecule has 1 aliphatic rings. The van der Waals surface area contributed by atoms with Crippen LogP contribution in [-0.2, 0) is 13.1 Å². The van der Waals surface area contributed by atoms with Crippen molar-refractivity contribution in [3.63, 3.8) is 0 Å². The van der Waals surface area contributed by atoms with Gasteiger partial charge in [0.1, 0.15) is 16.8 Å². The first kappa shape index (κ1) is 23.2. The number of nitrogens with two attached hydrogens (primary N) is 1. The zero-order chi connectivity index (χ0) is 23.6. The number of nitrogens with zero attached hydrogens (tertiary/aromatic N) is 5. The third-order valence-electron chi connectivity index (χ3n) is 6.07. The predicted octanol–water partition coefficient (Wildman–Crippen LogP) is 3.76. The summed E-state index contributed by atoms with van der Waals surface area (Å²) in [5.41, 5.74) is 9.39. The molecule has 1 aromatic carbocycles. The van der Waals surface area contributed by atoms with Crippen LogP contribution in [0.2, 0.25) is 0 Å². The Bertz CT molecular complexity index is 1110. The van der Waals surface area contributed by atoms with Crippen LogP contribution < -0.4 is 15.8 Å². The highest BCUT2D eigenvalue weighted by Gasteiger charge is 2.34. The van der Waals surface area contributed by atoms with Crippen LogP contribution >= 0.6 is 0 Å². The highest BCUT2D eigenvalue weighted by Crippen LogP contribution is 2.36. The molecule has 0 saturated heterocycles. The van der Waals surface area contributed by atoms with Crippen LogP contribution in [0.25, 0.3) is 11.0 Å². The van der Waals surface area contributed by atoms with Gasteiger partial charge in [0.05, 0.1) is 19.9 Å². The van der Waals surface area contributed by atoms with E-state index in [9.17, 15) is 8.78 Å². The van der Waals surface area contributed by atoms with Crippen molar-refractivity contribution in [3.8, 4) is 5.75 Å². The largest absolute Gasteiger partial charge is 0.496 e. The second-order valence-corrected chi connectivity index (χ2v) is 9.03. The zero-order valence-corrected chi connectivity index (χ0v) is 19.3. The molecule has 33 heavy (non-hydrogen) atoms.